The van der Waals surface area contributed by atoms with Gasteiger partial charge in [0.2, 0.25) is 0 Å². The molecule has 0 aromatic heterocycles. The van der Waals surface area contributed by atoms with Crippen LogP contribution < -0.4 is 10.8 Å². The van der Waals surface area contributed by atoms with E-state index in [9.17, 15) is 9.90 Å². The van der Waals surface area contributed by atoms with E-state index in [-0.39, 0.29) is 5.88 Å². The summed E-state index contributed by atoms with van der Waals surface area (Å²) in [7, 11) is 0. The highest BCUT2D eigenvalue weighted by Gasteiger charge is 2.01. The fraction of sp³-hybridized carbons (Fsp3) is 0.667. The van der Waals surface area contributed by atoms with Crippen molar-refractivity contribution in [3.8, 4) is 0 Å². The Hall–Kier alpha value is -0.280. The topological polar surface area (TPSA) is 67.8 Å². The minimum atomic E-state index is -1.20. The first-order valence-electron chi connectivity index (χ1n) is 1.78. The van der Waals surface area contributed by atoms with Gasteiger partial charge in [0.15, 0.2) is 0 Å². The molecule has 4 heteroatoms. The Kier molecular flexibility index (Phi) is 2.71. The van der Waals surface area contributed by atoms with Crippen LogP contribution in [0.4, 0.5) is 0 Å². The average molecular weight is 124 g/mol. The number of rotatable bonds is 2. The van der Waals surface area contributed by atoms with Crippen LogP contribution in [0.3, 0.4) is 0 Å². The van der Waals surface area contributed by atoms with Crippen LogP contribution in [0.5, 0.6) is 0 Å². The molecule has 0 spiro atoms. The molecule has 0 bridgehead atoms. The van der Waals surface area contributed by atoms with Crippen LogP contribution in [-0.4, -0.2) is 17.9 Å². The Labute approximate surface area is 46.1 Å². The van der Waals surface area contributed by atoms with Crippen molar-refractivity contribution in [2.75, 3.05) is 5.88 Å². The number of aliphatic carboxylic acids is 1. The van der Waals surface area contributed by atoms with Crippen LogP contribution in [0.2, 0.25) is 0 Å². The fourth-order valence-corrected chi connectivity index (χ4v) is 0.189. The number of carbonyl (C=O) groups is 1. The van der Waals surface area contributed by atoms with Gasteiger partial charge in [-0.1, -0.05) is 0 Å². The number of carboxylic acids is 1. The monoisotopic (exact) mass is 123 g/mol. The molecule has 0 saturated heterocycles. The number of hydrogen-bond donors (Lipinski definition) is 1. The molecule has 0 aliphatic heterocycles. The van der Waals surface area contributed by atoms with E-state index in [2.05, 4.69) is 5.73 Å². The van der Waals surface area contributed by atoms with Crippen molar-refractivity contribution in [3.63, 3.8) is 0 Å². The summed E-state index contributed by atoms with van der Waals surface area (Å²) in [6.45, 7) is 0. The number of carbonyl (C=O) groups excluding carboxylic acids is 1. The van der Waals surface area contributed by atoms with Crippen LogP contribution in [0.15, 0.2) is 0 Å². The Bertz CT molecular complexity index is 75.3. The lowest BCUT2D eigenvalue weighted by atomic mass is 10.4. The summed E-state index contributed by atoms with van der Waals surface area (Å²) in [5.74, 6) is -1.18. The summed E-state index contributed by atoms with van der Waals surface area (Å²) in [6, 6.07) is -0.776. The molecular weight excluding hydrogens is 117 g/mol. The maximum Gasteiger partial charge on any atom is 0.138 e. The molecule has 42 valence electrons. The van der Waals surface area contributed by atoms with Crippen LogP contribution in [0, 0.1) is 0 Å². The Morgan fingerprint density at radius 3 is 2.43 bits per heavy atom. The van der Waals surface area contributed by atoms with Crippen molar-refractivity contribution < 1.29 is 15.6 Å². The molecule has 1 atom stereocenters. The second-order valence-corrected chi connectivity index (χ2v) is 1.48. The van der Waals surface area contributed by atoms with E-state index in [1.54, 1.807) is 0 Å². The van der Waals surface area contributed by atoms with Gasteiger partial charge in [0.25, 0.3) is 0 Å². The maximum atomic E-state index is 9.67. The Morgan fingerprint density at radius 2 is 2.43 bits per heavy atom. The van der Waals surface area contributed by atoms with Crippen molar-refractivity contribution in [1.29, 1.82) is 0 Å². The van der Waals surface area contributed by atoms with E-state index in [1.807, 2.05) is 0 Å². The first-order valence-corrected chi connectivity index (χ1v) is 2.32. The predicted molar refractivity (Wildman–Crippen MR) is 22.4 cm³/mol. The highest BCUT2D eigenvalue weighted by molar-refractivity contribution is 6.19. The third kappa shape index (κ3) is 2.42. The third-order valence-electron chi connectivity index (χ3n) is 0.520. The maximum absolute atomic E-state index is 9.67. The lowest BCUT2D eigenvalue weighted by Gasteiger charge is -2.01. The molecule has 3 N–H and O–H groups in total. The summed E-state index contributed by atoms with van der Waals surface area (Å²) < 4.78 is 0. The largest absolute Gasteiger partial charge is 0.544 e. The smallest absolute Gasteiger partial charge is 0.138 e. The SMILES string of the molecule is [NH3+][C@H](CCl)C(=O)[O-]. The van der Waals surface area contributed by atoms with Crippen LogP contribution >= 0.6 is 11.6 Å². The molecule has 0 heterocycles. The Balaban J connectivity index is 3.34. The minimum absolute atomic E-state index is 0.0162. The van der Waals surface area contributed by atoms with Gasteiger partial charge >= 0.3 is 0 Å². The Morgan fingerprint density at radius 1 is 2.00 bits per heavy atom. The van der Waals surface area contributed by atoms with E-state index < -0.39 is 12.0 Å². The van der Waals surface area contributed by atoms with E-state index in [0.29, 0.717) is 0 Å². The van der Waals surface area contributed by atoms with Gasteiger partial charge < -0.3 is 15.6 Å². The van der Waals surface area contributed by atoms with Gasteiger partial charge in [0.1, 0.15) is 12.0 Å². The number of quaternary nitrogens is 1. The fourth-order valence-electron chi connectivity index (χ4n) is 0.0630. The van der Waals surface area contributed by atoms with Crippen molar-refractivity contribution in [2.24, 2.45) is 0 Å². The van der Waals surface area contributed by atoms with Gasteiger partial charge in [-0.25, -0.2) is 0 Å². The van der Waals surface area contributed by atoms with E-state index in [4.69, 9.17) is 11.6 Å². The van der Waals surface area contributed by atoms with Gasteiger partial charge in [0, 0.05) is 0 Å². The molecule has 0 aromatic rings. The number of carboxylic acid groups (broad SMARTS) is 1. The molecule has 7 heavy (non-hydrogen) atoms. The van der Waals surface area contributed by atoms with Gasteiger partial charge in [-0.05, 0) is 0 Å². The zero-order valence-electron chi connectivity index (χ0n) is 3.69. The average Bonchev–Trinajstić information content (AvgIpc) is 1.65. The second-order valence-electron chi connectivity index (χ2n) is 1.17. The first-order chi connectivity index (χ1) is 3.18. The van der Waals surface area contributed by atoms with Crippen molar-refractivity contribution in [3.05, 3.63) is 0 Å². The summed E-state index contributed by atoms with van der Waals surface area (Å²) in [5, 5.41) is 9.67. The lowest BCUT2D eigenvalue weighted by Crippen LogP contribution is -2.69. The van der Waals surface area contributed by atoms with Gasteiger partial charge in [-0.15, -0.1) is 11.6 Å². The summed E-state index contributed by atoms with van der Waals surface area (Å²) in [4.78, 5) is 9.67. The molecule has 0 aliphatic rings. The highest BCUT2D eigenvalue weighted by Crippen LogP contribution is 1.75. The summed E-state index contributed by atoms with van der Waals surface area (Å²) in [5.41, 5.74) is 3.16. The molecule has 0 aromatic carbocycles. The van der Waals surface area contributed by atoms with E-state index >= 15 is 0 Å². The summed E-state index contributed by atoms with van der Waals surface area (Å²) >= 11 is 5.06. The normalized spacial score (nSPS) is 13.4. The zero-order valence-corrected chi connectivity index (χ0v) is 4.44. The lowest BCUT2D eigenvalue weighted by molar-refractivity contribution is -0.431. The molecular formula is C3H6ClNO2. The van der Waals surface area contributed by atoms with Crippen LogP contribution in [0.1, 0.15) is 0 Å². The van der Waals surface area contributed by atoms with Crippen molar-refractivity contribution >= 4 is 17.6 Å². The predicted octanol–water partition coefficient (Wildman–Crippen LogP) is -2.41. The standard InChI is InChI=1S/C3H6ClNO2/c4-1-2(5)3(6)7/h2H,1,5H2,(H,6,7)/t2-/m1/s1. The molecule has 3 nitrogen and oxygen atoms in total. The molecule has 0 unspecified atom stereocenters. The highest BCUT2D eigenvalue weighted by atomic mass is 35.5. The molecule has 0 rings (SSSR count). The molecule has 0 fully saturated rings. The zero-order chi connectivity index (χ0) is 5.86. The van der Waals surface area contributed by atoms with Crippen LogP contribution in [0.25, 0.3) is 0 Å². The second kappa shape index (κ2) is 2.82. The quantitative estimate of drug-likeness (QED) is 0.416. The van der Waals surface area contributed by atoms with Crippen molar-refractivity contribution in [1.82, 2.24) is 0 Å². The molecule has 0 amide bonds. The molecule has 0 aliphatic carbocycles. The minimum Gasteiger partial charge on any atom is -0.544 e. The van der Waals surface area contributed by atoms with Crippen molar-refractivity contribution in [2.45, 2.75) is 6.04 Å². The van der Waals surface area contributed by atoms with Crippen LogP contribution in [-0.2, 0) is 4.79 Å². The number of hydrogen-bond acceptors (Lipinski definition) is 2. The van der Waals surface area contributed by atoms with Gasteiger partial charge in [-0.3, -0.25) is 0 Å². The van der Waals surface area contributed by atoms with Gasteiger partial charge in [0.05, 0.1) is 5.88 Å². The van der Waals surface area contributed by atoms with Gasteiger partial charge in [-0.2, -0.15) is 0 Å². The molecule has 0 radical (unpaired) electrons. The first kappa shape index (κ1) is 6.72. The number of halogens is 1. The van der Waals surface area contributed by atoms with E-state index in [0.717, 1.165) is 0 Å². The molecule has 0 saturated carbocycles. The van der Waals surface area contributed by atoms with E-state index in [1.165, 1.54) is 0 Å². The third-order valence-corrected chi connectivity index (χ3v) is 0.892. The number of alkyl halides is 1. The summed E-state index contributed by atoms with van der Waals surface area (Å²) in [6.07, 6.45) is 0.